The van der Waals surface area contributed by atoms with Crippen LogP contribution in [-0.4, -0.2) is 70.5 Å². The van der Waals surface area contributed by atoms with Crippen LogP contribution in [0.5, 0.6) is 0 Å². The number of fused-ring (bicyclic) bond motifs is 3. The van der Waals surface area contributed by atoms with E-state index in [1.165, 1.54) is 16.6 Å². The molecule has 0 fully saturated rings. The van der Waals surface area contributed by atoms with E-state index in [0.717, 1.165) is 11.1 Å². The topological polar surface area (TPSA) is 88.9 Å². The first-order valence-electron chi connectivity index (χ1n) is 11.2. The zero-order valence-electron chi connectivity index (χ0n) is 19.4. The summed E-state index contributed by atoms with van der Waals surface area (Å²) in [5.74, 6) is -2.41. The van der Waals surface area contributed by atoms with Crippen LogP contribution in [0.15, 0.2) is 12.1 Å². The Balaban J connectivity index is 1.53. The van der Waals surface area contributed by atoms with E-state index in [4.69, 9.17) is 21.2 Å². The SMILES string of the molecule is C[C@@H]1Cc2nn3c(c2CN1C(=O)Nc1cc(Cl)c(F)cc1F)C(=O)N(C)O[C@H](CCOCC(F)F)C3. The van der Waals surface area contributed by atoms with Gasteiger partial charge < -0.3 is 15.0 Å². The number of amides is 3. The molecular formula is C22H24ClF4N5O4. The maximum Gasteiger partial charge on any atom is 0.322 e. The van der Waals surface area contributed by atoms with Gasteiger partial charge in [-0.25, -0.2) is 27.4 Å². The van der Waals surface area contributed by atoms with E-state index in [2.05, 4.69) is 10.4 Å². The fourth-order valence-electron chi connectivity index (χ4n) is 4.22. The predicted octanol–water partition coefficient (Wildman–Crippen LogP) is 3.85. The number of anilines is 1. The van der Waals surface area contributed by atoms with Crippen molar-refractivity contribution in [3.05, 3.63) is 45.7 Å². The van der Waals surface area contributed by atoms with Gasteiger partial charge in [0.25, 0.3) is 12.3 Å². The molecule has 2 aliphatic rings. The largest absolute Gasteiger partial charge is 0.375 e. The summed E-state index contributed by atoms with van der Waals surface area (Å²) >= 11 is 5.71. The van der Waals surface area contributed by atoms with Crippen LogP contribution in [0.4, 0.5) is 28.0 Å². The normalized spacial score (nSPS) is 19.8. The van der Waals surface area contributed by atoms with Gasteiger partial charge in [0.1, 0.15) is 30.0 Å². The molecule has 0 saturated heterocycles. The van der Waals surface area contributed by atoms with E-state index in [1.807, 2.05) is 0 Å². The van der Waals surface area contributed by atoms with Gasteiger partial charge in [0, 0.05) is 44.2 Å². The number of nitrogens with zero attached hydrogens (tertiary/aromatic N) is 4. The molecule has 1 aromatic carbocycles. The summed E-state index contributed by atoms with van der Waals surface area (Å²) in [6.07, 6.45) is -2.55. The third kappa shape index (κ3) is 5.42. The molecule has 0 unspecified atom stereocenters. The van der Waals surface area contributed by atoms with Crippen molar-refractivity contribution in [1.82, 2.24) is 19.7 Å². The van der Waals surface area contributed by atoms with Crippen molar-refractivity contribution in [3.8, 4) is 0 Å². The van der Waals surface area contributed by atoms with Crippen LogP contribution in [-0.2, 0) is 29.1 Å². The number of rotatable bonds is 6. The second kappa shape index (κ2) is 10.6. The molecule has 0 bridgehead atoms. The Kier molecular flexibility index (Phi) is 7.71. The second-order valence-electron chi connectivity index (χ2n) is 8.60. The zero-order chi connectivity index (χ0) is 26.1. The molecule has 0 aliphatic carbocycles. The van der Waals surface area contributed by atoms with Crippen LogP contribution in [0.3, 0.4) is 0 Å². The quantitative estimate of drug-likeness (QED) is 0.346. The van der Waals surface area contributed by atoms with Crippen molar-refractivity contribution in [2.45, 2.75) is 51.4 Å². The summed E-state index contributed by atoms with van der Waals surface area (Å²) in [5.41, 5.74) is 1.12. The first kappa shape index (κ1) is 26.2. The molecule has 0 radical (unpaired) electrons. The Bertz CT molecular complexity index is 1160. The first-order valence-corrected chi connectivity index (χ1v) is 11.5. The molecule has 2 aliphatic heterocycles. The van der Waals surface area contributed by atoms with Gasteiger partial charge in [-0.3, -0.25) is 14.3 Å². The standard InChI is InChI=1S/C22H24ClF4N5O4/c1-11-5-17-13(9-31(11)22(34)28-18-6-14(23)15(24)7-16(18)25)20-21(33)30(2)36-12(8-32(20)29-17)3-4-35-10-19(26)27/h6-7,11-12,19H,3-5,8-10H2,1-2H3,(H,28,34)/t11-,12-/m1/s1. The number of alkyl halides is 2. The van der Waals surface area contributed by atoms with E-state index in [0.29, 0.717) is 23.7 Å². The van der Waals surface area contributed by atoms with Gasteiger partial charge in [-0.1, -0.05) is 11.6 Å². The predicted molar refractivity (Wildman–Crippen MR) is 120 cm³/mol. The fraction of sp³-hybridized carbons (Fsp3) is 0.500. The maximum absolute atomic E-state index is 14.1. The second-order valence-corrected chi connectivity index (χ2v) is 9.01. The van der Waals surface area contributed by atoms with Crippen LogP contribution in [0.25, 0.3) is 0 Å². The lowest BCUT2D eigenvalue weighted by atomic mass is 9.99. The van der Waals surface area contributed by atoms with Gasteiger partial charge in [-0.2, -0.15) is 5.10 Å². The lowest BCUT2D eigenvalue weighted by Crippen LogP contribution is -2.45. The molecule has 36 heavy (non-hydrogen) atoms. The number of ether oxygens (including phenoxy) is 1. The minimum absolute atomic E-state index is 0.00988. The highest BCUT2D eigenvalue weighted by molar-refractivity contribution is 6.31. The molecule has 3 heterocycles. The highest BCUT2D eigenvalue weighted by Crippen LogP contribution is 2.30. The summed E-state index contributed by atoms with van der Waals surface area (Å²) < 4.78 is 58.6. The number of halogens is 5. The van der Waals surface area contributed by atoms with Gasteiger partial charge in [0.2, 0.25) is 0 Å². The van der Waals surface area contributed by atoms with E-state index < -0.39 is 42.7 Å². The Morgan fingerprint density at radius 3 is 2.81 bits per heavy atom. The summed E-state index contributed by atoms with van der Waals surface area (Å²) in [6.45, 7) is 1.29. The highest BCUT2D eigenvalue weighted by atomic mass is 35.5. The number of aromatic nitrogens is 2. The highest BCUT2D eigenvalue weighted by Gasteiger charge is 2.37. The lowest BCUT2D eigenvalue weighted by molar-refractivity contribution is -0.155. The minimum Gasteiger partial charge on any atom is -0.375 e. The van der Waals surface area contributed by atoms with E-state index in [9.17, 15) is 27.2 Å². The van der Waals surface area contributed by atoms with Gasteiger partial charge in [0.05, 0.1) is 29.5 Å². The summed E-state index contributed by atoms with van der Waals surface area (Å²) in [5, 5.41) is 7.67. The number of carbonyl (C=O) groups is 2. The molecule has 14 heteroatoms. The van der Waals surface area contributed by atoms with E-state index >= 15 is 0 Å². The minimum atomic E-state index is -2.58. The molecule has 196 valence electrons. The van der Waals surface area contributed by atoms with Crippen LogP contribution < -0.4 is 5.32 Å². The Morgan fingerprint density at radius 2 is 2.08 bits per heavy atom. The Hall–Kier alpha value is -2.90. The summed E-state index contributed by atoms with van der Waals surface area (Å²) in [6, 6.07) is 0.557. The van der Waals surface area contributed by atoms with Crippen molar-refractivity contribution in [3.63, 3.8) is 0 Å². The third-order valence-corrected chi connectivity index (χ3v) is 6.29. The van der Waals surface area contributed by atoms with Crippen LogP contribution in [0, 0.1) is 11.6 Å². The first-order chi connectivity index (χ1) is 17.0. The summed E-state index contributed by atoms with van der Waals surface area (Å²) in [4.78, 5) is 33.1. The number of hydrogen-bond acceptors (Lipinski definition) is 5. The Morgan fingerprint density at radius 1 is 1.33 bits per heavy atom. The maximum atomic E-state index is 14.1. The number of nitrogens with one attached hydrogen (secondary N) is 1. The smallest absolute Gasteiger partial charge is 0.322 e. The molecule has 3 amide bonds. The molecule has 1 N–H and O–H groups in total. The number of hydrogen-bond donors (Lipinski definition) is 1. The molecule has 0 saturated carbocycles. The van der Waals surface area contributed by atoms with Crippen LogP contribution in [0.2, 0.25) is 5.02 Å². The zero-order valence-corrected chi connectivity index (χ0v) is 20.2. The van der Waals surface area contributed by atoms with Crippen LogP contribution >= 0.6 is 11.6 Å². The molecule has 9 nitrogen and oxygen atoms in total. The van der Waals surface area contributed by atoms with Crippen LogP contribution in [0.1, 0.15) is 35.1 Å². The van der Waals surface area contributed by atoms with Crippen molar-refractivity contribution in [2.75, 3.05) is 25.6 Å². The van der Waals surface area contributed by atoms with Crippen molar-refractivity contribution < 1.29 is 36.7 Å². The van der Waals surface area contributed by atoms with Crippen molar-refractivity contribution >= 4 is 29.2 Å². The van der Waals surface area contributed by atoms with E-state index in [-0.39, 0.29) is 48.6 Å². The van der Waals surface area contributed by atoms with Crippen molar-refractivity contribution in [1.29, 1.82) is 0 Å². The molecule has 1 aromatic heterocycles. The molecular weight excluding hydrogens is 510 g/mol. The molecule has 0 spiro atoms. The number of urea groups is 1. The van der Waals surface area contributed by atoms with Gasteiger partial charge in [0.15, 0.2) is 0 Å². The van der Waals surface area contributed by atoms with Gasteiger partial charge >= 0.3 is 6.03 Å². The van der Waals surface area contributed by atoms with Gasteiger partial charge in [-0.05, 0) is 13.0 Å². The number of carbonyl (C=O) groups excluding carboxylic acids is 2. The third-order valence-electron chi connectivity index (χ3n) is 6.00. The molecule has 4 rings (SSSR count). The number of benzene rings is 1. The average Bonchev–Trinajstić information content (AvgIpc) is 3.09. The molecule has 2 atom stereocenters. The lowest BCUT2D eigenvalue weighted by Gasteiger charge is -2.33. The fourth-order valence-corrected chi connectivity index (χ4v) is 4.39. The molecule has 2 aromatic rings. The Labute approximate surface area is 208 Å². The average molecular weight is 534 g/mol. The van der Waals surface area contributed by atoms with E-state index in [1.54, 1.807) is 6.92 Å². The van der Waals surface area contributed by atoms with Crippen molar-refractivity contribution in [2.24, 2.45) is 0 Å². The summed E-state index contributed by atoms with van der Waals surface area (Å²) in [7, 11) is 1.43. The van der Waals surface area contributed by atoms with Gasteiger partial charge in [-0.15, -0.1) is 0 Å². The number of hydroxylamine groups is 2. The monoisotopic (exact) mass is 533 g/mol.